The molecule has 0 radical (unpaired) electrons. The van der Waals surface area contributed by atoms with Crippen molar-refractivity contribution in [3.63, 3.8) is 0 Å². The number of aromatic nitrogens is 2. The number of nitrogens with zero attached hydrogens (tertiary/aromatic N) is 3. The second-order valence-corrected chi connectivity index (χ2v) is 5.10. The summed E-state index contributed by atoms with van der Waals surface area (Å²) in [6.07, 6.45) is 5.37. The van der Waals surface area contributed by atoms with Crippen molar-refractivity contribution in [1.82, 2.24) is 14.9 Å². The summed E-state index contributed by atoms with van der Waals surface area (Å²) in [4.78, 5) is 22.2. The smallest absolute Gasteiger partial charge is 0.221 e. The van der Waals surface area contributed by atoms with Crippen molar-refractivity contribution < 1.29 is 4.79 Å². The predicted molar refractivity (Wildman–Crippen MR) is 73.4 cm³/mol. The zero-order chi connectivity index (χ0) is 13.8. The maximum absolute atomic E-state index is 11.3. The van der Waals surface area contributed by atoms with E-state index in [1.165, 1.54) is 0 Å². The Morgan fingerprint density at radius 3 is 2.84 bits per heavy atom. The van der Waals surface area contributed by atoms with E-state index < -0.39 is 0 Å². The van der Waals surface area contributed by atoms with Crippen molar-refractivity contribution in [3.05, 3.63) is 18.1 Å². The highest BCUT2D eigenvalue weighted by Crippen LogP contribution is 2.23. The third-order valence-electron chi connectivity index (χ3n) is 3.74. The number of anilines is 1. The van der Waals surface area contributed by atoms with Gasteiger partial charge in [0, 0.05) is 26.2 Å². The molecule has 2 rings (SSSR count). The van der Waals surface area contributed by atoms with Crippen LogP contribution in [0.4, 0.5) is 5.82 Å². The van der Waals surface area contributed by atoms with E-state index in [1.807, 2.05) is 7.05 Å². The van der Waals surface area contributed by atoms with Gasteiger partial charge in [-0.2, -0.15) is 0 Å². The van der Waals surface area contributed by atoms with Gasteiger partial charge in [0.05, 0.1) is 24.0 Å². The van der Waals surface area contributed by atoms with Crippen LogP contribution in [0.3, 0.4) is 0 Å². The van der Waals surface area contributed by atoms with Gasteiger partial charge in [0.15, 0.2) is 0 Å². The van der Waals surface area contributed by atoms with Crippen LogP contribution in [0.5, 0.6) is 0 Å². The standard InChI is InChI=1S/C13H21N5O/c1-9-3-4-10(13(14)19)7-18(9)8-11-5-17-12(15-2)6-16-11/h5-6,9-10H,3-4,7-8H2,1-2H3,(H2,14,19)(H,15,17). The van der Waals surface area contributed by atoms with Gasteiger partial charge in [0.2, 0.25) is 5.91 Å². The maximum Gasteiger partial charge on any atom is 0.221 e. The van der Waals surface area contributed by atoms with E-state index >= 15 is 0 Å². The first-order valence-corrected chi connectivity index (χ1v) is 6.62. The molecule has 0 saturated carbocycles. The number of amides is 1. The summed E-state index contributed by atoms with van der Waals surface area (Å²) in [6, 6.07) is 0.446. The van der Waals surface area contributed by atoms with Crippen LogP contribution in [-0.4, -0.2) is 40.4 Å². The first kappa shape index (κ1) is 13.7. The first-order chi connectivity index (χ1) is 9.10. The highest BCUT2D eigenvalue weighted by Gasteiger charge is 2.28. The number of hydrogen-bond donors (Lipinski definition) is 2. The molecule has 0 spiro atoms. The molecule has 1 aliphatic rings. The number of nitrogens with two attached hydrogens (primary N) is 1. The van der Waals surface area contributed by atoms with Gasteiger partial charge < -0.3 is 11.1 Å². The SMILES string of the molecule is CNc1cnc(CN2CC(C(N)=O)CCC2C)cn1. The lowest BCUT2D eigenvalue weighted by atomic mass is 9.93. The van der Waals surface area contributed by atoms with E-state index in [0.717, 1.165) is 24.4 Å². The Morgan fingerprint density at radius 1 is 1.47 bits per heavy atom. The van der Waals surface area contributed by atoms with Gasteiger partial charge in [-0.1, -0.05) is 0 Å². The molecule has 3 N–H and O–H groups in total. The summed E-state index contributed by atoms with van der Waals surface area (Å²) in [5.41, 5.74) is 6.32. The summed E-state index contributed by atoms with van der Waals surface area (Å²) < 4.78 is 0. The Balaban J connectivity index is 2.01. The lowest BCUT2D eigenvalue weighted by molar-refractivity contribution is -0.124. The number of hydrogen-bond acceptors (Lipinski definition) is 5. The molecule has 1 saturated heterocycles. The van der Waals surface area contributed by atoms with E-state index in [4.69, 9.17) is 5.73 Å². The third kappa shape index (κ3) is 3.41. The van der Waals surface area contributed by atoms with E-state index in [0.29, 0.717) is 19.1 Å². The summed E-state index contributed by atoms with van der Waals surface area (Å²) in [5.74, 6) is 0.514. The van der Waals surface area contributed by atoms with Crippen LogP contribution in [0.1, 0.15) is 25.5 Å². The zero-order valence-electron chi connectivity index (χ0n) is 11.5. The quantitative estimate of drug-likeness (QED) is 0.831. The Labute approximate surface area is 113 Å². The molecule has 6 nitrogen and oxygen atoms in total. The monoisotopic (exact) mass is 263 g/mol. The molecular formula is C13H21N5O. The molecular weight excluding hydrogens is 242 g/mol. The second-order valence-electron chi connectivity index (χ2n) is 5.10. The molecule has 2 atom stereocenters. The van der Waals surface area contributed by atoms with Gasteiger partial charge in [0.25, 0.3) is 0 Å². The van der Waals surface area contributed by atoms with Crippen LogP contribution in [0, 0.1) is 5.92 Å². The molecule has 6 heteroatoms. The Kier molecular flexibility index (Phi) is 4.31. The largest absolute Gasteiger partial charge is 0.372 e. The van der Waals surface area contributed by atoms with Crippen LogP contribution >= 0.6 is 0 Å². The summed E-state index contributed by atoms with van der Waals surface area (Å²) in [5, 5.41) is 2.94. The normalized spacial score (nSPS) is 24.1. The molecule has 0 aromatic carbocycles. The molecule has 1 aromatic heterocycles. The zero-order valence-corrected chi connectivity index (χ0v) is 11.5. The molecule has 1 amide bonds. The van der Waals surface area contributed by atoms with Gasteiger partial charge >= 0.3 is 0 Å². The molecule has 0 bridgehead atoms. The highest BCUT2D eigenvalue weighted by molar-refractivity contribution is 5.76. The lowest BCUT2D eigenvalue weighted by Gasteiger charge is -2.36. The fraction of sp³-hybridized carbons (Fsp3) is 0.615. The van der Waals surface area contributed by atoms with Crippen molar-refractivity contribution in [3.8, 4) is 0 Å². The number of carbonyl (C=O) groups is 1. The van der Waals surface area contributed by atoms with Gasteiger partial charge in [-0.05, 0) is 19.8 Å². The number of rotatable bonds is 4. The third-order valence-corrected chi connectivity index (χ3v) is 3.74. The van der Waals surface area contributed by atoms with Gasteiger partial charge in [-0.3, -0.25) is 14.7 Å². The fourth-order valence-corrected chi connectivity index (χ4v) is 2.41. The number of likely N-dealkylation sites (tertiary alicyclic amines) is 1. The molecule has 2 heterocycles. The Bertz CT molecular complexity index is 433. The van der Waals surface area contributed by atoms with Gasteiger partial charge in [-0.15, -0.1) is 0 Å². The van der Waals surface area contributed by atoms with Crippen LogP contribution in [0.15, 0.2) is 12.4 Å². The average molecular weight is 263 g/mol. The van der Waals surface area contributed by atoms with Crippen molar-refractivity contribution in [2.45, 2.75) is 32.4 Å². The van der Waals surface area contributed by atoms with Crippen molar-refractivity contribution in [1.29, 1.82) is 0 Å². The summed E-state index contributed by atoms with van der Waals surface area (Å²) in [7, 11) is 1.81. The van der Waals surface area contributed by atoms with E-state index in [1.54, 1.807) is 12.4 Å². The fourth-order valence-electron chi connectivity index (χ4n) is 2.41. The predicted octanol–water partition coefficient (Wildman–Crippen LogP) is 0.604. The number of nitrogens with one attached hydrogen (secondary N) is 1. The van der Waals surface area contributed by atoms with Crippen LogP contribution < -0.4 is 11.1 Å². The molecule has 19 heavy (non-hydrogen) atoms. The second kappa shape index (κ2) is 5.97. The van der Waals surface area contributed by atoms with E-state index in [9.17, 15) is 4.79 Å². The van der Waals surface area contributed by atoms with Crippen LogP contribution in [-0.2, 0) is 11.3 Å². The molecule has 1 fully saturated rings. The number of piperidine rings is 1. The van der Waals surface area contributed by atoms with Crippen LogP contribution in [0.25, 0.3) is 0 Å². The summed E-state index contributed by atoms with van der Waals surface area (Å²) in [6.45, 7) is 3.60. The molecule has 0 aliphatic carbocycles. The lowest BCUT2D eigenvalue weighted by Crippen LogP contribution is -2.45. The average Bonchev–Trinajstić information content (AvgIpc) is 2.42. The van der Waals surface area contributed by atoms with E-state index in [-0.39, 0.29) is 11.8 Å². The van der Waals surface area contributed by atoms with Gasteiger partial charge in [-0.25, -0.2) is 4.98 Å². The molecule has 1 aromatic rings. The molecule has 1 aliphatic heterocycles. The maximum atomic E-state index is 11.3. The number of carbonyl (C=O) groups excluding carboxylic acids is 1. The van der Waals surface area contributed by atoms with Crippen molar-refractivity contribution in [2.75, 3.05) is 18.9 Å². The van der Waals surface area contributed by atoms with Crippen LogP contribution in [0.2, 0.25) is 0 Å². The number of primary amides is 1. The minimum atomic E-state index is -0.200. The summed E-state index contributed by atoms with van der Waals surface area (Å²) >= 11 is 0. The van der Waals surface area contributed by atoms with Gasteiger partial charge in [0.1, 0.15) is 5.82 Å². The minimum Gasteiger partial charge on any atom is -0.372 e. The highest BCUT2D eigenvalue weighted by atomic mass is 16.1. The molecule has 2 unspecified atom stereocenters. The van der Waals surface area contributed by atoms with Crippen molar-refractivity contribution in [2.24, 2.45) is 11.7 Å². The first-order valence-electron chi connectivity index (χ1n) is 6.62. The topological polar surface area (TPSA) is 84.1 Å². The Morgan fingerprint density at radius 2 is 2.26 bits per heavy atom. The van der Waals surface area contributed by atoms with E-state index in [2.05, 4.69) is 27.1 Å². The molecule has 104 valence electrons. The Hall–Kier alpha value is -1.69. The van der Waals surface area contributed by atoms with Crippen molar-refractivity contribution >= 4 is 11.7 Å². The minimum absolute atomic E-state index is 0.0410.